The molecule has 0 heterocycles. The lowest BCUT2D eigenvalue weighted by Gasteiger charge is -2.22. The number of anilines is 1. The molecule has 2 rings (SSSR count). The molecule has 0 aliphatic heterocycles. The van der Waals surface area contributed by atoms with Gasteiger partial charge in [-0.3, -0.25) is 9.59 Å². The molecule has 0 saturated heterocycles. The number of carbonyl (C=O) groups excluding carboxylic acids is 2. The van der Waals surface area contributed by atoms with Crippen molar-refractivity contribution in [3.8, 4) is 5.75 Å². The molecule has 1 atom stereocenters. The molecule has 0 bridgehead atoms. The van der Waals surface area contributed by atoms with Crippen molar-refractivity contribution in [2.24, 2.45) is 5.92 Å². The zero-order valence-electron chi connectivity index (χ0n) is 15.7. The molecule has 0 fully saturated rings. The van der Waals surface area contributed by atoms with Gasteiger partial charge < -0.3 is 15.4 Å². The first-order valence-corrected chi connectivity index (χ1v) is 9.10. The second-order valence-corrected chi connectivity index (χ2v) is 7.06. The lowest BCUT2D eigenvalue weighted by molar-refractivity contribution is -0.153. The number of amides is 2. The lowest BCUT2D eigenvalue weighted by Crippen LogP contribution is -2.47. The van der Waals surface area contributed by atoms with Crippen LogP contribution in [0, 0.1) is 5.92 Å². The van der Waals surface area contributed by atoms with E-state index < -0.39 is 30.6 Å². The van der Waals surface area contributed by atoms with Crippen LogP contribution in [0.3, 0.4) is 0 Å². The number of rotatable bonds is 7. The Morgan fingerprint density at radius 2 is 1.76 bits per heavy atom. The topological polar surface area (TPSA) is 67.4 Å². The van der Waals surface area contributed by atoms with Gasteiger partial charge in [0.05, 0.1) is 0 Å². The zero-order chi connectivity index (χ0) is 21.6. The first kappa shape index (κ1) is 22.5. The molecule has 0 radical (unpaired) electrons. The van der Waals surface area contributed by atoms with Gasteiger partial charge in [0.15, 0.2) is 6.61 Å². The van der Waals surface area contributed by atoms with Crippen LogP contribution in [0.2, 0.25) is 5.02 Å². The van der Waals surface area contributed by atoms with E-state index in [9.17, 15) is 22.8 Å². The van der Waals surface area contributed by atoms with E-state index in [1.807, 2.05) is 0 Å². The Bertz CT molecular complexity index is 855. The Morgan fingerprint density at radius 1 is 1.10 bits per heavy atom. The molecule has 156 valence electrons. The summed E-state index contributed by atoms with van der Waals surface area (Å²) in [6.07, 6.45) is -4.46. The summed E-state index contributed by atoms with van der Waals surface area (Å²) in [6.45, 7) is 2.08. The third-order valence-corrected chi connectivity index (χ3v) is 4.10. The summed E-state index contributed by atoms with van der Waals surface area (Å²) in [5.74, 6) is -1.23. The highest BCUT2D eigenvalue weighted by atomic mass is 35.5. The van der Waals surface area contributed by atoms with Gasteiger partial charge in [-0.1, -0.05) is 31.5 Å². The normalized spacial score (nSPS) is 12.4. The van der Waals surface area contributed by atoms with E-state index in [4.69, 9.17) is 11.6 Å². The van der Waals surface area contributed by atoms with Gasteiger partial charge in [0, 0.05) is 22.3 Å². The average Bonchev–Trinajstić information content (AvgIpc) is 2.64. The van der Waals surface area contributed by atoms with Crippen molar-refractivity contribution in [3.05, 3.63) is 59.1 Å². The van der Waals surface area contributed by atoms with Crippen molar-refractivity contribution in [2.75, 3.05) is 11.9 Å². The summed E-state index contributed by atoms with van der Waals surface area (Å²) < 4.78 is 41.5. The van der Waals surface area contributed by atoms with Crippen LogP contribution >= 0.6 is 11.6 Å². The Hall–Kier alpha value is -2.74. The molecule has 9 heteroatoms. The molecule has 0 aliphatic carbocycles. The fourth-order valence-electron chi connectivity index (χ4n) is 2.41. The number of hydrogen-bond donors (Lipinski definition) is 2. The summed E-state index contributed by atoms with van der Waals surface area (Å²) in [7, 11) is 0. The Kier molecular flexibility index (Phi) is 7.50. The molecule has 5 nitrogen and oxygen atoms in total. The minimum Gasteiger partial charge on any atom is -0.484 e. The van der Waals surface area contributed by atoms with Gasteiger partial charge in [0.1, 0.15) is 11.8 Å². The number of carbonyl (C=O) groups is 2. The highest BCUT2D eigenvalue weighted by molar-refractivity contribution is 6.30. The fourth-order valence-corrected chi connectivity index (χ4v) is 2.54. The number of nitrogens with one attached hydrogen (secondary N) is 2. The molecule has 2 N–H and O–H groups in total. The van der Waals surface area contributed by atoms with Crippen molar-refractivity contribution in [2.45, 2.75) is 26.1 Å². The predicted octanol–water partition coefficient (Wildman–Crippen LogP) is 4.67. The van der Waals surface area contributed by atoms with Gasteiger partial charge in [-0.15, -0.1) is 0 Å². The number of alkyl halides is 3. The monoisotopic (exact) mass is 428 g/mol. The Balaban J connectivity index is 2.05. The zero-order valence-corrected chi connectivity index (χ0v) is 16.5. The maximum absolute atomic E-state index is 12.6. The maximum Gasteiger partial charge on any atom is 0.422 e. The quantitative estimate of drug-likeness (QED) is 0.673. The van der Waals surface area contributed by atoms with E-state index in [2.05, 4.69) is 15.4 Å². The van der Waals surface area contributed by atoms with Crippen LogP contribution in [-0.4, -0.2) is 30.6 Å². The standard InChI is InChI=1S/C20H20ClF3N2O3/c1-12(2)17(26-18(27)13-6-8-14(21)9-7-13)19(28)25-15-4-3-5-16(10-15)29-11-20(22,23)24/h3-10,12,17H,11H2,1-2H3,(H,25,28)(H,26,27). The molecular weight excluding hydrogens is 409 g/mol. The van der Waals surface area contributed by atoms with Gasteiger partial charge in [-0.05, 0) is 42.3 Å². The number of ether oxygens (including phenoxy) is 1. The van der Waals surface area contributed by atoms with Crippen LogP contribution in [0.1, 0.15) is 24.2 Å². The van der Waals surface area contributed by atoms with E-state index in [0.29, 0.717) is 10.6 Å². The lowest BCUT2D eigenvalue weighted by atomic mass is 10.0. The molecule has 29 heavy (non-hydrogen) atoms. The van der Waals surface area contributed by atoms with Crippen LogP contribution < -0.4 is 15.4 Å². The molecule has 0 saturated carbocycles. The summed E-state index contributed by atoms with van der Waals surface area (Å²) in [5, 5.41) is 5.73. The van der Waals surface area contributed by atoms with Crippen molar-refractivity contribution >= 4 is 29.1 Å². The third-order valence-electron chi connectivity index (χ3n) is 3.85. The summed E-state index contributed by atoms with van der Waals surface area (Å²) >= 11 is 5.80. The Morgan fingerprint density at radius 3 is 2.34 bits per heavy atom. The Labute approximate surface area is 171 Å². The molecule has 2 aromatic rings. The molecular formula is C20H20ClF3N2O3. The number of hydrogen-bond acceptors (Lipinski definition) is 3. The number of halogens is 4. The average molecular weight is 429 g/mol. The minimum atomic E-state index is -4.46. The first-order valence-electron chi connectivity index (χ1n) is 8.72. The van der Waals surface area contributed by atoms with Crippen LogP contribution in [0.4, 0.5) is 18.9 Å². The van der Waals surface area contributed by atoms with Gasteiger partial charge in [0.2, 0.25) is 5.91 Å². The van der Waals surface area contributed by atoms with E-state index in [0.717, 1.165) is 0 Å². The van der Waals surface area contributed by atoms with Crippen LogP contribution in [0.25, 0.3) is 0 Å². The van der Waals surface area contributed by atoms with Crippen molar-refractivity contribution in [1.82, 2.24) is 5.32 Å². The fraction of sp³-hybridized carbons (Fsp3) is 0.300. The van der Waals surface area contributed by atoms with Crippen LogP contribution in [-0.2, 0) is 4.79 Å². The molecule has 2 aromatic carbocycles. The summed E-state index contributed by atoms with van der Waals surface area (Å²) in [6, 6.07) is 10.9. The summed E-state index contributed by atoms with van der Waals surface area (Å²) in [4.78, 5) is 25.0. The van der Waals surface area contributed by atoms with Crippen molar-refractivity contribution in [1.29, 1.82) is 0 Å². The maximum atomic E-state index is 12.6. The largest absolute Gasteiger partial charge is 0.484 e. The highest BCUT2D eigenvalue weighted by Crippen LogP contribution is 2.22. The van der Waals surface area contributed by atoms with Crippen molar-refractivity contribution < 1.29 is 27.5 Å². The SMILES string of the molecule is CC(C)C(NC(=O)c1ccc(Cl)cc1)C(=O)Nc1cccc(OCC(F)(F)F)c1. The van der Waals surface area contributed by atoms with E-state index in [-0.39, 0.29) is 17.4 Å². The van der Waals surface area contributed by atoms with Gasteiger partial charge in [-0.2, -0.15) is 13.2 Å². The second kappa shape index (κ2) is 9.65. The second-order valence-electron chi connectivity index (χ2n) is 6.62. The van der Waals surface area contributed by atoms with E-state index >= 15 is 0 Å². The third kappa shape index (κ3) is 7.30. The number of benzene rings is 2. The first-order chi connectivity index (χ1) is 13.5. The van der Waals surface area contributed by atoms with Gasteiger partial charge >= 0.3 is 6.18 Å². The smallest absolute Gasteiger partial charge is 0.422 e. The van der Waals surface area contributed by atoms with Crippen LogP contribution in [0.15, 0.2) is 48.5 Å². The van der Waals surface area contributed by atoms with Gasteiger partial charge in [-0.25, -0.2) is 0 Å². The molecule has 0 aromatic heterocycles. The van der Waals surface area contributed by atoms with E-state index in [1.54, 1.807) is 26.0 Å². The summed E-state index contributed by atoms with van der Waals surface area (Å²) in [5.41, 5.74) is 0.594. The molecule has 1 unspecified atom stereocenters. The van der Waals surface area contributed by atoms with Crippen molar-refractivity contribution in [3.63, 3.8) is 0 Å². The molecule has 0 aliphatic rings. The highest BCUT2D eigenvalue weighted by Gasteiger charge is 2.28. The molecule has 0 spiro atoms. The van der Waals surface area contributed by atoms with E-state index in [1.165, 1.54) is 36.4 Å². The predicted molar refractivity (Wildman–Crippen MR) is 104 cm³/mol. The van der Waals surface area contributed by atoms with Crippen LogP contribution in [0.5, 0.6) is 5.75 Å². The molecule has 2 amide bonds. The van der Waals surface area contributed by atoms with Gasteiger partial charge in [0.25, 0.3) is 5.91 Å². The minimum absolute atomic E-state index is 0.0357.